The highest BCUT2D eigenvalue weighted by atomic mass is 19.1. The van der Waals surface area contributed by atoms with Gasteiger partial charge in [0.25, 0.3) is 5.91 Å². The molecule has 16 heavy (non-hydrogen) atoms. The van der Waals surface area contributed by atoms with E-state index in [1.54, 1.807) is 0 Å². The van der Waals surface area contributed by atoms with Gasteiger partial charge in [0.05, 0.1) is 5.56 Å². The van der Waals surface area contributed by atoms with Crippen molar-refractivity contribution in [1.29, 1.82) is 0 Å². The van der Waals surface area contributed by atoms with Crippen LogP contribution in [0.1, 0.15) is 10.4 Å². The van der Waals surface area contributed by atoms with Gasteiger partial charge in [0.15, 0.2) is 0 Å². The van der Waals surface area contributed by atoms with Gasteiger partial charge in [0.2, 0.25) is 0 Å². The number of nitrogens with two attached hydrogens (primary N) is 1. The van der Waals surface area contributed by atoms with Crippen LogP contribution in [0, 0.1) is 5.82 Å². The topological polar surface area (TPSA) is 58.4 Å². The first-order valence-electron chi connectivity index (χ1n) is 4.98. The summed E-state index contributed by atoms with van der Waals surface area (Å²) in [6.07, 6.45) is 0. The van der Waals surface area contributed by atoms with Gasteiger partial charge in [-0.2, -0.15) is 0 Å². The molecule has 1 rings (SSSR count). The fraction of sp³-hybridized carbons (Fsp3) is 0.364. The fourth-order valence-electron chi connectivity index (χ4n) is 1.21. The minimum Gasteiger partial charge on any atom is -0.398 e. The van der Waals surface area contributed by atoms with Gasteiger partial charge in [-0.15, -0.1) is 0 Å². The summed E-state index contributed by atoms with van der Waals surface area (Å²) in [4.78, 5) is 13.6. The lowest BCUT2D eigenvalue weighted by Gasteiger charge is -2.11. The highest BCUT2D eigenvalue weighted by molar-refractivity contribution is 5.99. The van der Waals surface area contributed by atoms with E-state index in [0.29, 0.717) is 6.54 Å². The standard InChI is InChI=1S/C11H16FN3O/c1-15(2)6-5-14-11(16)9-7-8(12)3-4-10(9)13/h3-4,7H,5-6,13H2,1-2H3,(H,14,16). The molecule has 0 atom stereocenters. The molecule has 0 saturated carbocycles. The van der Waals surface area contributed by atoms with Crippen molar-refractivity contribution in [3.8, 4) is 0 Å². The van der Waals surface area contributed by atoms with Crippen LogP contribution in [0.5, 0.6) is 0 Å². The van der Waals surface area contributed by atoms with E-state index in [9.17, 15) is 9.18 Å². The number of carbonyl (C=O) groups excluding carboxylic acids is 1. The minimum absolute atomic E-state index is 0.179. The summed E-state index contributed by atoms with van der Waals surface area (Å²) in [7, 11) is 3.81. The first-order chi connectivity index (χ1) is 7.50. The van der Waals surface area contributed by atoms with E-state index in [1.165, 1.54) is 12.1 Å². The van der Waals surface area contributed by atoms with Crippen molar-refractivity contribution in [3.63, 3.8) is 0 Å². The second-order valence-corrected chi connectivity index (χ2v) is 3.79. The Labute approximate surface area is 94.2 Å². The Balaban J connectivity index is 2.62. The molecule has 1 aromatic rings. The summed E-state index contributed by atoms with van der Waals surface area (Å²) in [5.41, 5.74) is 6.04. The summed E-state index contributed by atoms with van der Waals surface area (Å²) in [5, 5.41) is 2.67. The summed E-state index contributed by atoms with van der Waals surface area (Å²) < 4.78 is 12.9. The average Bonchev–Trinajstić information content (AvgIpc) is 2.21. The van der Waals surface area contributed by atoms with Crippen molar-refractivity contribution in [3.05, 3.63) is 29.6 Å². The maximum Gasteiger partial charge on any atom is 0.253 e. The number of nitrogen functional groups attached to an aromatic ring is 1. The zero-order valence-corrected chi connectivity index (χ0v) is 9.46. The van der Waals surface area contributed by atoms with Crippen LogP contribution in [0.25, 0.3) is 0 Å². The number of benzene rings is 1. The molecule has 1 amide bonds. The van der Waals surface area contributed by atoms with Crippen LogP contribution in [0.4, 0.5) is 10.1 Å². The number of amides is 1. The number of nitrogens with one attached hydrogen (secondary N) is 1. The van der Waals surface area contributed by atoms with Crippen molar-refractivity contribution < 1.29 is 9.18 Å². The molecule has 0 spiro atoms. The van der Waals surface area contributed by atoms with E-state index in [0.717, 1.165) is 12.6 Å². The molecule has 5 heteroatoms. The minimum atomic E-state index is -0.466. The van der Waals surface area contributed by atoms with Gasteiger partial charge in [-0.1, -0.05) is 0 Å². The molecule has 0 unspecified atom stereocenters. The Kier molecular flexibility index (Phi) is 4.25. The normalized spacial score (nSPS) is 10.5. The second kappa shape index (κ2) is 5.46. The van der Waals surface area contributed by atoms with Crippen molar-refractivity contribution in [2.24, 2.45) is 0 Å². The third-order valence-corrected chi connectivity index (χ3v) is 2.10. The molecule has 0 heterocycles. The van der Waals surface area contributed by atoms with Crippen LogP contribution in [-0.4, -0.2) is 38.0 Å². The van der Waals surface area contributed by atoms with Crippen LogP contribution in [0.2, 0.25) is 0 Å². The quantitative estimate of drug-likeness (QED) is 0.742. The average molecular weight is 225 g/mol. The first-order valence-corrected chi connectivity index (χ1v) is 4.98. The van der Waals surface area contributed by atoms with Gasteiger partial charge in [-0.3, -0.25) is 4.79 Å². The number of nitrogens with zero attached hydrogens (tertiary/aromatic N) is 1. The number of halogens is 1. The molecule has 0 radical (unpaired) electrons. The van der Waals surface area contributed by atoms with Crippen molar-refractivity contribution >= 4 is 11.6 Å². The van der Waals surface area contributed by atoms with E-state index in [1.807, 2.05) is 19.0 Å². The SMILES string of the molecule is CN(C)CCNC(=O)c1cc(F)ccc1N. The molecule has 0 aliphatic rings. The molecule has 0 aromatic heterocycles. The molecular formula is C11H16FN3O. The van der Waals surface area contributed by atoms with Crippen LogP contribution in [-0.2, 0) is 0 Å². The number of carbonyl (C=O) groups is 1. The van der Waals surface area contributed by atoms with Gasteiger partial charge in [-0.25, -0.2) is 4.39 Å². The third-order valence-electron chi connectivity index (χ3n) is 2.10. The summed E-state index contributed by atoms with van der Waals surface area (Å²) >= 11 is 0. The number of hydrogen-bond acceptors (Lipinski definition) is 3. The number of hydrogen-bond donors (Lipinski definition) is 2. The lowest BCUT2D eigenvalue weighted by Crippen LogP contribution is -2.31. The molecule has 1 aromatic carbocycles. The van der Waals surface area contributed by atoms with E-state index in [-0.39, 0.29) is 17.2 Å². The summed E-state index contributed by atoms with van der Waals surface area (Å²) in [6, 6.07) is 3.75. The Morgan fingerprint density at radius 1 is 1.50 bits per heavy atom. The van der Waals surface area contributed by atoms with Crippen LogP contribution >= 0.6 is 0 Å². The predicted molar refractivity (Wildman–Crippen MR) is 61.7 cm³/mol. The second-order valence-electron chi connectivity index (χ2n) is 3.79. The van der Waals surface area contributed by atoms with Gasteiger partial charge in [-0.05, 0) is 32.3 Å². The summed E-state index contributed by atoms with van der Waals surface area (Å²) in [6.45, 7) is 1.22. The Morgan fingerprint density at radius 2 is 2.19 bits per heavy atom. The van der Waals surface area contributed by atoms with E-state index in [2.05, 4.69) is 5.32 Å². The number of likely N-dealkylation sites (N-methyl/N-ethyl adjacent to an activating group) is 1. The van der Waals surface area contributed by atoms with E-state index < -0.39 is 5.82 Å². The maximum atomic E-state index is 12.9. The summed E-state index contributed by atoms with van der Waals surface area (Å²) in [5.74, 6) is -0.814. The zero-order valence-electron chi connectivity index (χ0n) is 9.46. The predicted octanol–water partition coefficient (Wildman–Crippen LogP) is 0.699. The molecule has 0 fully saturated rings. The smallest absolute Gasteiger partial charge is 0.253 e. The molecular weight excluding hydrogens is 209 g/mol. The van der Waals surface area contributed by atoms with E-state index >= 15 is 0 Å². The fourth-order valence-corrected chi connectivity index (χ4v) is 1.21. The van der Waals surface area contributed by atoms with Gasteiger partial charge in [0.1, 0.15) is 5.82 Å². The monoisotopic (exact) mass is 225 g/mol. The van der Waals surface area contributed by atoms with Crippen LogP contribution in [0.15, 0.2) is 18.2 Å². The number of rotatable bonds is 4. The van der Waals surface area contributed by atoms with Crippen LogP contribution < -0.4 is 11.1 Å². The highest BCUT2D eigenvalue weighted by Crippen LogP contribution is 2.12. The first kappa shape index (κ1) is 12.4. The van der Waals surface area contributed by atoms with Crippen LogP contribution in [0.3, 0.4) is 0 Å². The lowest BCUT2D eigenvalue weighted by molar-refractivity contribution is 0.0951. The lowest BCUT2D eigenvalue weighted by atomic mass is 10.1. The molecule has 3 N–H and O–H groups in total. The van der Waals surface area contributed by atoms with Gasteiger partial charge < -0.3 is 16.0 Å². The van der Waals surface area contributed by atoms with Gasteiger partial charge >= 0.3 is 0 Å². The largest absolute Gasteiger partial charge is 0.398 e. The maximum absolute atomic E-state index is 12.9. The molecule has 0 aliphatic heterocycles. The Hall–Kier alpha value is -1.62. The Bertz CT molecular complexity index is 379. The van der Waals surface area contributed by atoms with Gasteiger partial charge in [0, 0.05) is 18.8 Å². The molecule has 88 valence electrons. The molecule has 0 saturated heterocycles. The van der Waals surface area contributed by atoms with E-state index in [4.69, 9.17) is 5.73 Å². The highest BCUT2D eigenvalue weighted by Gasteiger charge is 2.09. The molecule has 4 nitrogen and oxygen atoms in total. The van der Waals surface area contributed by atoms with Crippen molar-refractivity contribution in [2.75, 3.05) is 32.9 Å². The molecule has 0 aliphatic carbocycles. The third kappa shape index (κ3) is 3.51. The zero-order chi connectivity index (χ0) is 12.1. The van der Waals surface area contributed by atoms with Crippen molar-refractivity contribution in [2.45, 2.75) is 0 Å². The number of anilines is 1. The molecule has 0 bridgehead atoms. The Morgan fingerprint density at radius 3 is 2.81 bits per heavy atom. The van der Waals surface area contributed by atoms with Crippen molar-refractivity contribution in [1.82, 2.24) is 10.2 Å².